The molecule has 2 nitrogen and oxygen atoms in total. The number of rotatable bonds is 11. The highest BCUT2D eigenvalue weighted by molar-refractivity contribution is 6.10. The Morgan fingerprint density at radius 1 is 0.232 bits per heavy atom. The van der Waals surface area contributed by atoms with E-state index in [4.69, 9.17) is 0 Å². The number of aromatic nitrogens is 2. The molecule has 0 spiro atoms. The zero-order valence-corrected chi connectivity index (χ0v) is 31.6. The van der Waals surface area contributed by atoms with Gasteiger partial charge in [0.1, 0.15) is 0 Å². The van der Waals surface area contributed by atoms with E-state index in [1.165, 1.54) is 101 Å². The van der Waals surface area contributed by atoms with Gasteiger partial charge >= 0.3 is 0 Å². The lowest BCUT2D eigenvalue weighted by Gasteiger charge is -2.10. The predicted octanol–water partition coefficient (Wildman–Crippen LogP) is 14.8. The average Bonchev–Trinajstić information content (AvgIpc) is 3.76. The molecule has 0 atom stereocenters. The van der Waals surface area contributed by atoms with Gasteiger partial charge in [0, 0.05) is 56.7 Å². The lowest BCUT2D eigenvalue weighted by Crippen LogP contribution is -2.00. The molecule has 8 aromatic carbocycles. The first-order valence-corrected chi connectivity index (χ1v) is 20.1. The van der Waals surface area contributed by atoms with Crippen LogP contribution in [0, 0.1) is 0 Å². The molecule has 2 aromatic heterocycles. The Bertz CT molecular complexity index is 2730. The molecule has 270 valence electrons. The number of aryl methyl sites for hydroxylation is 2. The van der Waals surface area contributed by atoms with Gasteiger partial charge in [-0.25, -0.2) is 0 Å². The molecule has 0 amide bonds. The summed E-state index contributed by atoms with van der Waals surface area (Å²) in [6.07, 6.45) is 4.74. The van der Waals surface area contributed by atoms with Gasteiger partial charge in [-0.15, -0.1) is 0 Å². The van der Waals surface area contributed by atoms with Crippen molar-refractivity contribution in [2.45, 2.75) is 38.8 Å². The van der Waals surface area contributed by atoms with Crippen LogP contribution >= 0.6 is 0 Å². The van der Waals surface area contributed by atoms with E-state index < -0.39 is 0 Å². The van der Waals surface area contributed by atoms with Crippen LogP contribution in [-0.2, 0) is 13.1 Å². The SMILES string of the molecule is c1ccc(-c2ccc(-c3ccc4c(c3)c3ccccc3n4CCCCCCn3c4ccccc4c4cc(-c5ccc(-c6ccccc6)cc5)ccc43)cc2)cc1. The van der Waals surface area contributed by atoms with Crippen molar-refractivity contribution >= 4 is 43.6 Å². The van der Waals surface area contributed by atoms with Gasteiger partial charge in [-0.3, -0.25) is 0 Å². The average molecular weight is 721 g/mol. The van der Waals surface area contributed by atoms with Crippen LogP contribution in [-0.4, -0.2) is 9.13 Å². The summed E-state index contributed by atoms with van der Waals surface area (Å²) in [4.78, 5) is 0. The van der Waals surface area contributed by atoms with E-state index in [-0.39, 0.29) is 0 Å². The van der Waals surface area contributed by atoms with Crippen molar-refractivity contribution in [3.8, 4) is 44.5 Å². The van der Waals surface area contributed by atoms with E-state index in [1.807, 2.05) is 0 Å². The third-order valence-electron chi connectivity index (χ3n) is 11.7. The van der Waals surface area contributed by atoms with Crippen LogP contribution in [0.5, 0.6) is 0 Å². The zero-order chi connectivity index (χ0) is 37.3. The van der Waals surface area contributed by atoms with Gasteiger partial charge in [0.25, 0.3) is 0 Å². The summed E-state index contributed by atoms with van der Waals surface area (Å²) < 4.78 is 5.10. The van der Waals surface area contributed by atoms with Crippen molar-refractivity contribution in [1.29, 1.82) is 0 Å². The maximum Gasteiger partial charge on any atom is 0.0491 e. The normalized spacial score (nSPS) is 11.6. The molecule has 0 aliphatic heterocycles. The van der Waals surface area contributed by atoms with E-state index >= 15 is 0 Å². The van der Waals surface area contributed by atoms with Crippen molar-refractivity contribution in [2.24, 2.45) is 0 Å². The molecule has 0 saturated carbocycles. The number of para-hydroxylation sites is 2. The van der Waals surface area contributed by atoms with Crippen molar-refractivity contribution < 1.29 is 0 Å². The second-order valence-corrected chi connectivity index (χ2v) is 15.1. The highest BCUT2D eigenvalue weighted by Gasteiger charge is 2.14. The summed E-state index contributed by atoms with van der Waals surface area (Å²) in [7, 11) is 0. The molecule has 0 bridgehead atoms. The Hall–Kier alpha value is -6.64. The van der Waals surface area contributed by atoms with Gasteiger partial charge in [0.05, 0.1) is 0 Å². The zero-order valence-electron chi connectivity index (χ0n) is 31.6. The second-order valence-electron chi connectivity index (χ2n) is 15.1. The summed E-state index contributed by atoms with van der Waals surface area (Å²) in [5, 5.41) is 5.35. The molecule has 0 N–H and O–H groups in total. The van der Waals surface area contributed by atoms with Crippen molar-refractivity contribution in [1.82, 2.24) is 9.13 Å². The fourth-order valence-corrected chi connectivity index (χ4v) is 8.81. The fraction of sp³-hybridized carbons (Fsp3) is 0.111. The van der Waals surface area contributed by atoms with E-state index in [9.17, 15) is 0 Å². The molecular weight excluding hydrogens is 677 g/mol. The maximum atomic E-state index is 2.55. The first kappa shape index (κ1) is 33.9. The van der Waals surface area contributed by atoms with Gasteiger partial charge in [-0.05, 0) is 93.7 Å². The third-order valence-corrected chi connectivity index (χ3v) is 11.7. The van der Waals surface area contributed by atoms with Gasteiger partial charge in [0.2, 0.25) is 0 Å². The van der Waals surface area contributed by atoms with E-state index in [1.54, 1.807) is 0 Å². The Labute approximate surface area is 328 Å². The van der Waals surface area contributed by atoms with Gasteiger partial charge < -0.3 is 9.13 Å². The highest BCUT2D eigenvalue weighted by Crippen LogP contribution is 2.36. The van der Waals surface area contributed by atoms with Crippen LogP contribution in [0.15, 0.2) is 194 Å². The quantitative estimate of drug-likeness (QED) is 0.118. The number of hydrogen-bond donors (Lipinski definition) is 0. The fourth-order valence-electron chi connectivity index (χ4n) is 8.81. The summed E-state index contributed by atoms with van der Waals surface area (Å²) in [5.41, 5.74) is 15.3. The molecule has 2 heteroatoms. The summed E-state index contributed by atoms with van der Waals surface area (Å²) in [6.45, 7) is 2.05. The molecular formula is C54H44N2. The maximum absolute atomic E-state index is 2.55. The van der Waals surface area contributed by atoms with Gasteiger partial charge in [0.15, 0.2) is 0 Å². The topological polar surface area (TPSA) is 9.86 Å². The molecule has 10 rings (SSSR count). The number of fused-ring (bicyclic) bond motifs is 6. The highest BCUT2D eigenvalue weighted by atomic mass is 15.0. The van der Waals surface area contributed by atoms with Crippen LogP contribution in [0.3, 0.4) is 0 Å². The van der Waals surface area contributed by atoms with Crippen molar-refractivity contribution in [3.63, 3.8) is 0 Å². The Morgan fingerprint density at radius 3 is 0.946 bits per heavy atom. The molecule has 0 unspecified atom stereocenters. The number of nitrogens with zero attached hydrogens (tertiary/aromatic N) is 2. The van der Waals surface area contributed by atoms with Crippen LogP contribution < -0.4 is 0 Å². The third kappa shape index (κ3) is 6.37. The first-order chi connectivity index (χ1) is 27.8. The monoisotopic (exact) mass is 720 g/mol. The minimum atomic E-state index is 1.03. The smallest absolute Gasteiger partial charge is 0.0491 e. The molecule has 0 radical (unpaired) electrons. The Morgan fingerprint density at radius 2 is 0.536 bits per heavy atom. The van der Waals surface area contributed by atoms with Gasteiger partial charge in [-0.1, -0.05) is 171 Å². The number of hydrogen-bond acceptors (Lipinski definition) is 0. The Kier molecular flexibility index (Phi) is 9.01. The Balaban J connectivity index is 0.826. The van der Waals surface area contributed by atoms with E-state index in [0.717, 1.165) is 25.9 Å². The number of benzene rings is 8. The van der Waals surface area contributed by atoms with E-state index in [2.05, 4.69) is 203 Å². The van der Waals surface area contributed by atoms with E-state index in [0.29, 0.717) is 0 Å². The molecule has 0 aliphatic carbocycles. The van der Waals surface area contributed by atoms with Crippen molar-refractivity contribution in [2.75, 3.05) is 0 Å². The largest absolute Gasteiger partial charge is 0.340 e. The van der Waals surface area contributed by atoms with Crippen molar-refractivity contribution in [3.05, 3.63) is 194 Å². The molecule has 0 saturated heterocycles. The minimum Gasteiger partial charge on any atom is -0.340 e. The first-order valence-electron chi connectivity index (χ1n) is 20.1. The lowest BCUT2D eigenvalue weighted by molar-refractivity contribution is 0.559. The minimum absolute atomic E-state index is 1.03. The van der Waals surface area contributed by atoms with Crippen LogP contribution in [0.1, 0.15) is 25.7 Å². The molecule has 0 fully saturated rings. The summed E-state index contributed by atoms with van der Waals surface area (Å²) in [5.74, 6) is 0. The molecule has 56 heavy (non-hydrogen) atoms. The molecule has 2 heterocycles. The van der Waals surface area contributed by atoms with Crippen LogP contribution in [0.25, 0.3) is 88.1 Å². The molecule has 10 aromatic rings. The van der Waals surface area contributed by atoms with Gasteiger partial charge in [-0.2, -0.15) is 0 Å². The summed E-state index contributed by atoms with van der Waals surface area (Å²) in [6, 6.07) is 71.1. The predicted molar refractivity (Wildman–Crippen MR) is 239 cm³/mol. The molecule has 0 aliphatic rings. The van der Waals surface area contributed by atoms with Crippen LogP contribution in [0.4, 0.5) is 0 Å². The summed E-state index contributed by atoms with van der Waals surface area (Å²) >= 11 is 0. The lowest BCUT2D eigenvalue weighted by atomic mass is 9.99. The number of unbranched alkanes of at least 4 members (excludes halogenated alkanes) is 3. The van der Waals surface area contributed by atoms with Crippen LogP contribution in [0.2, 0.25) is 0 Å². The standard InChI is InChI=1S/C54H44N2/c1(13-35-55-51-21-11-9-19-47(51)49-37-45(31-33-53(49)55)43-27-23-41(24-28-43)39-15-5-3-6-16-39)2-14-36-56-52-22-12-10-20-48(52)50-38-46(32-34-54(50)56)44-29-25-42(26-30-44)40-17-7-4-8-18-40/h3-12,15-34,37-38H,1-2,13-14,35-36H2. The second kappa shape index (κ2) is 14.9.